The van der Waals surface area contributed by atoms with Gasteiger partial charge in [0.2, 0.25) is 0 Å². The van der Waals surface area contributed by atoms with Crippen LogP contribution >= 0.6 is 15.6 Å². The third-order valence-electron chi connectivity index (χ3n) is 18.4. The van der Waals surface area contributed by atoms with E-state index in [0.29, 0.717) is 25.7 Å². The summed E-state index contributed by atoms with van der Waals surface area (Å²) in [5.74, 6) is 0.947. The molecule has 97 heavy (non-hydrogen) atoms. The molecule has 0 heterocycles. The Labute approximate surface area is 594 Å². The van der Waals surface area contributed by atoms with Crippen LogP contribution in [0.3, 0.4) is 0 Å². The average Bonchev–Trinajstić information content (AvgIpc) is 2.84. The number of carbonyl (C=O) groups is 4. The van der Waals surface area contributed by atoms with Crippen molar-refractivity contribution in [3.05, 3.63) is 0 Å². The summed E-state index contributed by atoms with van der Waals surface area (Å²) in [5.41, 5.74) is 0. The van der Waals surface area contributed by atoms with Gasteiger partial charge in [0, 0.05) is 25.7 Å². The quantitative estimate of drug-likeness (QED) is 0.0222. The zero-order valence-corrected chi connectivity index (χ0v) is 65.5. The van der Waals surface area contributed by atoms with Gasteiger partial charge in [0.25, 0.3) is 0 Å². The molecular formula is C78H152O17P2. The maximum absolute atomic E-state index is 13.1. The van der Waals surface area contributed by atoms with Crippen molar-refractivity contribution < 1.29 is 80.2 Å². The van der Waals surface area contributed by atoms with Gasteiger partial charge < -0.3 is 33.8 Å². The van der Waals surface area contributed by atoms with Crippen molar-refractivity contribution in [2.75, 3.05) is 39.6 Å². The second-order valence-electron chi connectivity index (χ2n) is 29.8. The Balaban J connectivity index is 5.21. The van der Waals surface area contributed by atoms with E-state index >= 15 is 0 Å². The fraction of sp³-hybridized carbons (Fsp3) is 0.949. The highest BCUT2D eigenvalue weighted by atomic mass is 31.2. The van der Waals surface area contributed by atoms with Crippen molar-refractivity contribution in [1.82, 2.24) is 0 Å². The molecule has 0 rings (SSSR count). The predicted molar refractivity (Wildman–Crippen MR) is 395 cm³/mol. The Morgan fingerprint density at radius 2 is 0.495 bits per heavy atom. The number of hydrogen-bond acceptors (Lipinski definition) is 15. The van der Waals surface area contributed by atoms with Crippen LogP contribution in [0, 0.1) is 23.7 Å². The fourth-order valence-corrected chi connectivity index (χ4v) is 13.5. The van der Waals surface area contributed by atoms with Crippen LogP contribution in [0.15, 0.2) is 0 Å². The molecule has 19 heteroatoms. The van der Waals surface area contributed by atoms with Crippen molar-refractivity contribution in [2.45, 2.75) is 414 Å². The smallest absolute Gasteiger partial charge is 0.462 e. The van der Waals surface area contributed by atoms with Crippen LogP contribution in [0.2, 0.25) is 0 Å². The van der Waals surface area contributed by atoms with Crippen molar-refractivity contribution in [2.24, 2.45) is 23.7 Å². The SMILES string of the molecule is CCC(C)CCCCCCCCC(=O)OC[C@H](COP(=O)(O)OC[C@H](O)COP(=O)(O)OC[C@@H](COC(=O)CCCCCCCCCCCCCCCCCCC(C)C)OC(=O)CCCCCCCCCCCC(C)C)OC(=O)CCCCCCCCCCCCCCCC(C)C. The number of phosphoric acid groups is 2. The molecule has 0 bridgehead atoms. The van der Waals surface area contributed by atoms with E-state index in [0.717, 1.165) is 120 Å². The molecule has 0 aliphatic heterocycles. The summed E-state index contributed by atoms with van der Waals surface area (Å²) in [6.07, 6.45) is 52.8. The van der Waals surface area contributed by atoms with Gasteiger partial charge >= 0.3 is 39.5 Å². The number of unbranched alkanes of at least 4 members (excludes halogenated alkanes) is 40. The molecule has 0 fully saturated rings. The first-order chi connectivity index (χ1) is 46.6. The summed E-state index contributed by atoms with van der Waals surface area (Å²) in [4.78, 5) is 72.9. The molecular weight excluding hydrogens is 1270 g/mol. The number of esters is 4. The van der Waals surface area contributed by atoms with Gasteiger partial charge in [-0.05, 0) is 49.4 Å². The molecule has 17 nitrogen and oxygen atoms in total. The lowest BCUT2D eigenvalue weighted by Gasteiger charge is -2.21. The van der Waals surface area contributed by atoms with Crippen molar-refractivity contribution in [1.29, 1.82) is 0 Å². The van der Waals surface area contributed by atoms with Crippen molar-refractivity contribution in [3.63, 3.8) is 0 Å². The van der Waals surface area contributed by atoms with Crippen LogP contribution in [0.4, 0.5) is 0 Å². The zero-order valence-electron chi connectivity index (χ0n) is 63.7. The molecule has 6 atom stereocenters. The van der Waals surface area contributed by atoms with Gasteiger partial charge in [-0.3, -0.25) is 37.3 Å². The highest BCUT2D eigenvalue weighted by Crippen LogP contribution is 2.45. The number of aliphatic hydroxyl groups excluding tert-OH is 1. The van der Waals surface area contributed by atoms with Crippen molar-refractivity contribution in [3.8, 4) is 0 Å². The molecule has 3 unspecified atom stereocenters. The molecule has 3 N–H and O–H groups in total. The van der Waals surface area contributed by atoms with Gasteiger partial charge in [-0.1, -0.05) is 344 Å². The molecule has 0 radical (unpaired) electrons. The Kier molecular flexibility index (Phi) is 65.9. The third-order valence-corrected chi connectivity index (χ3v) is 20.3. The van der Waals surface area contributed by atoms with E-state index in [1.54, 1.807) is 0 Å². The highest BCUT2D eigenvalue weighted by Gasteiger charge is 2.30. The highest BCUT2D eigenvalue weighted by molar-refractivity contribution is 7.47. The van der Waals surface area contributed by atoms with Crippen LogP contribution in [0.5, 0.6) is 0 Å². The summed E-state index contributed by atoms with van der Waals surface area (Å²) in [5, 5.41) is 10.6. The van der Waals surface area contributed by atoms with Gasteiger partial charge in [-0.15, -0.1) is 0 Å². The first kappa shape index (κ1) is 95.1. The maximum Gasteiger partial charge on any atom is 0.472 e. The van der Waals surface area contributed by atoms with Gasteiger partial charge in [-0.25, -0.2) is 9.13 Å². The van der Waals surface area contributed by atoms with Gasteiger partial charge in [0.1, 0.15) is 19.3 Å². The topological polar surface area (TPSA) is 237 Å². The monoisotopic (exact) mass is 1420 g/mol. The lowest BCUT2D eigenvalue weighted by Crippen LogP contribution is -2.30. The first-order valence-electron chi connectivity index (χ1n) is 40.2. The van der Waals surface area contributed by atoms with Crippen molar-refractivity contribution >= 4 is 39.5 Å². The van der Waals surface area contributed by atoms with Crippen LogP contribution in [-0.4, -0.2) is 96.7 Å². The van der Waals surface area contributed by atoms with E-state index in [9.17, 15) is 43.2 Å². The lowest BCUT2D eigenvalue weighted by molar-refractivity contribution is -0.161. The van der Waals surface area contributed by atoms with E-state index in [-0.39, 0.29) is 25.7 Å². The number of carbonyl (C=O) groups excluding carboxylic acids is 4. The molecule has 0 aromatic carbocycles. The minimum atomic E-state index is -4.96. The molecule has 0 saturated carbocycles. The summed E-state index contributed by atoms with van der Waals surface area (Å²) in [6.45, 7) is 14.2. The molecule has 0 aliphatic rings. The minimum Gasteiger partial charge on any atom is -0.462 e. The molecule has 0 amide bonds. The van der Waals surface area contributed by atoms with Gasteiger partial charge in [-0.2, -0.15) is 0 Å². The number of aliphatic hydroxyl groups is 1. The minimum absolute atomic E-state index is 0.105. The summed E-state index contributed by atoms with van der Waals surface area (Å²) in [6, 6.07) is 0. The fourth-order valence-electron chi connectivity index (χ4n) is 11.9. The number of phosphoric ester groups is 2. The maximum atomic E-state index is 13.1. The Bertz CT molecular complexity index is 1900. The van der Waals surface area contributed by atoms with Crippen LogP contribution in [0.25, 0.3) is 0 Å². The molecule has 0 saturated heterocycles. The van der Waals surface area contributed by atoms with Crippen LogP contribution in [0.1, 0.15) is 396 Å². The number of hydrogen-bond donors (Lipinski definition) is 3. The zero-order chi connectivity index (χ0) is 71.7. The second kappa shape index (κ2) is 67.2. The van der Waals surface area contributed by atoms with E-state index in [1.165, 1.54) is 193 Å². The Morgan fingerprint density at radius 1 is 0.289 bits per heavy atom. The summed E-state index contributed by atoms with van der Waals surface area (Å²) < 4.78 is 68.6. The van der Waals surface area contributed by atoms with Gasteiger partial charge in [0.15, 0.2) is 12.2 Å². The van der Waals surface area contributed by atoms with E-state index in [4.69, 9.17) is 37.0 Å². The van der Waals surface area contributed by atoms with Crippen LogP contribution < -0.4 is 0 Å². The molecule has 576 valence electrons. The van der Waals surface area contributed by atoms with E-state index in [2.05, 4.69) is 55.4 Å². The third kappa shape index (κ3) is 70.9. The van der Waals surface area contributed by atoms with E-state index < -0.39 is 97.5 Å². The molecule has 0 aromatic heterocycles. The number of ether oxygens (including phenoxy) is 4. The Hall–Kier alpha value is -1.94. The largest absolute Gasteiger partial charge is 0.472 e. The number of rotatable bonds is 75. The van der Waals surface area contributed by atoms with E-state index in [1.807, 2.05) is 0 Å². The summed E-state index contributed by atoms with van der Waals surface area (Å²) in [7, 11) is -9.92. The molecule has 0 aromatic rings. The Morgan fingerprint density at radius 3 is 0.732 bits per heavy atom. The average molecular weight is 1420 g/mol. The second-order valence-corrected chi connectivity index (χ2v) is 32.7. The predicted octanol–water partition coefficient (Wildman–Crippen LogP) is 22.8. The summed E-state index contributed by atoms with van der Waals surface area (Å²) >= 11 is 0. The normalized spacial score (nSPS) is 14.4. The molecule has 0 aliphatic carbocycles. The van der Waals surface area contributed by atoms with Crippen LogP contribution in [-0.2, 0) is 65.4 Å². The first-order valence-corrected chi connectivity index (χ1v) is 43.2. The molecule has 0 spiro atoms. The standard InChI is InChI=1S/C78H152O17P2/c1-9-71(8)57-49-41-36-37-43-51-59-76(81)89-65-74(95-77(82)60-52-44-34-28-22-18-14-16-20-25-31-39-47-55-69(4)5)67-93-97(86,87)91-63-72(79)62-90-96(84,85)92-66-73(94-78(83)61-53-45-35-29-23-26-32-40-48-56-70(6)7)64-88-75(80)58-50-42-33-27-21-17-13-11-10-12-15-19-24-30-38-46-54-68(2)3/h68-74,79H,9-67H2,1-8H3,(H,84,85)(H,86,87)/t71?,72-,73-,74-/m1/s1. The van der Waals surface area contributed by atoms with Gasteiger partial charge in [0.05, 0.1) is 26.4 Å². The lowest BCUT2D eigenvalue weighted by atomic mass is 10.00.